The van der Waals surface area contributed by atoms with Gasteiger partial charge in [-0.05, 0) is 47.0 Å². The molecule has 0 aliphatic heterocycles. The summed E-state index contributed by atoms with van der Waals surface area (Å²) in [6.07, 6.45) is 1.53. The average molecular weight is 459 g/mol. The normalized spacial score (nSPS) is 13.3. The molecule has 0 heterocycles. The lowest BCUT2D eigenvalue weighted by Gasteiger charge is -2.23. The molecule has 2 aromatic rings. The van der Waals surface area contributed by atoms with Gasteiger partial charge >= 0.3 is 0 Å². The summed E-state index contributed by atoms with van der Waals surface area (Å²) in [5.74, 6) is 3.46. The van der Waals surface area contributed by atoms with Gasteiger partial charge in [-0.1, -0.05) is 88.4 Å². The van der Waals surface area contributed by atoms with Gasteiger partial charge in [-0.2, -0.15) is 0 Å². The van der Waals surface area contributed by atoms with Crippen LogP contribution in [0.5, 0.6) is 0 Å². The Balaban J connectivity index is 2.64. The number of benzene rings is 2. The molecule has 0 amide bonds. The van der Waals surface area contributed by atoms with Crippen molar-refractivity contribution in [3.8, 4) is 0 Å². The minimum Gasteiger partial charge on any atom is -0.465 e. The van der Waals surface area contributed by atoms with Crippen LogP contribution >= 0.6 is 24.1 Å². The van der Waals surface area contributed by atoms with Gasteiger partial charge in [0.05, 0.1) is 0 Å². The number of allylic oxidation sites excluding steroid dienone is 2. The van der Waals surface area contributed by atoms with Crippen molar-refractivity contribution < 1.29 is 13.8 Å². The molecule has 168 valence electrons. The Kier molecular flexibility index (Phi) is 11.3. The van der Waals surface area contributed by atoms with Gasteiger partial charge in [-0.15, -0.1) is 0 Å². The molecular formula is C26H34O3S2. The maximum Gasteiger partial charge on any atom is 0.109 e. The molecule has 0 radical (unpaired) electrons. The summed E-state index contributed by atoms with van der Waals surface area (Å²) in [6, 6.07) is 20.2. The Bertz CT molecular complexity index is 772. The van der Waals surface area contributed by atoms with E-state index in [0.717, 1.165) is 70.7 Å². The summed E-state index contributed by atoms with van der Waals surface area (Å²) in [7, 11) is 0. The fourth-order valence-corrected chi connectivity index (χ4v) is 4.31. The Morgan fingerprint density at radius 3 is 1.32 bits per heavy atom. The lowest BCUT2D eigenvalue weighted by molar-refractivity contribution is 0.259. The fraction of sp³-hybridized carbons (Fsp3) is 0.385. The van der Waals surface area contributed by atoms with Crippen LogP contribution in [0.3, 0.4) is 0 Å². The van der Waals surface area contributed by atoms with Crippen LogP contribution < -0.4 is 0 Å². The Hall–Kier alpha value is -1.66. The van der Waals surface area contributed by atoms with E-state index >= 15 is 0 Å². The van der Waals surface area contributed by atoms with E-state index < -0.39 is 0 Å². The predicted octanol–water partition coefficient (Wildman–Crippen LogP) is 8.33. The second-order valence-corrected chi connectivity index (χ2v) is 9.47. The smallest absolute Gasteiger partial charge is 0.109 e. The van der Waals surface area contributed by atoms with E-state index in [1.54, 1.807) is 0 Å². The van der Waals surface area contributed by atoms with Crippen LogP contribution in [0.1, 0.15) is 51.7 Å². The average Bonchev–Trinajstić information content (AvgIpc) is 2.75. The van der Waals surface area contributed by atoms with Crippen LogP contribution in [0.25, 0.3) is 11.1 Å². The monoisotopic (exact) mass is 458 g/mol. The number of hydrogen-bond donors (Lipinski definition) is 2. The predicted molar refractivity (Wildman–Crippen MR) is 137 cm³/mol. The lowest BCUT2D eigenvalue weighted by Crippen LogP contribution is -2.08. The van der Waals surface area contributed by atoms with E-state index in [1.165, 1.54) is 0 Å². The summed E-state index contributed by atoms with van der Waals surface area (Å²) in [4.78, 5) is 0. The zero-order valence-corrected chi connectivity index (χ0v) is 20.5. The summed E-state index contributed by atoms with van der Waals surface area (Å²) < 4.78 is 26.1. The topological polar surface area (TPSA) is 49.7 Å². The third kappa shape index (κ3) is 8.41. The van der Waals surface area contributed by atoms with Gasteiger partial charge in [0.2, 0.25) is 0 Å². The van der Waals surface area contributed by atoms with E-state index in [1.807, 2.05) is 36.4 Å². The van der Waals surface area contributed by atoms with Crippen molar-refractivity contribution >= 4 is 35.2 Å². The molecule has 0 aromatic heterocycles. The van der Waals surface area contributed by atoms with Gasteiger partial charge in [0, 0.05) is 35.5 Å². The third-order valence-corrected chi connectivity index (χ3v) is 5.60. The first-order valence-electron chi connectivity index (χ1n) is 10.7. The third-order valence-electron chi connectivity index (χ3n) is 4.77. The second kappa shape index (κ2) is 13.7. The summed E-state index contributed by atoms with van der Waals surface area (Å²) in [5, 5.41) is 0. The number of rotatable bonds is 12. The van der Waals surface area contributed by atoms with E-state index in [2.05, 4.69) is 52.0 Å². The van der Waals surface area contributed by atoms with Gasteiger partial charge < -0.3 is 13.8 Å². The molecule has 31 heavy (non-hydrogen) atoms. The van der Waals surface area contributed by atoms with Crippen molar-refractivity contribution in [1.29, 1.82) is 0 Å². The standard InChI is InChI=1S/C26H34O3S2/c1-19(2)15-25(23(17-30-27)21-11-7-5-8-12-21)29-26(16-20(3)4)24(18-31-28)22-13-9-6-10-14-22/h5-14,19-20,27-28H,15-18H2,1-4H3. The van der Waals surface area contributed by atoms with Gasteiger partial charge in [-0.25, -0.2) is 0 Å². The lowest BCUT2D eigenvalue weighted by atomic mass is 9.99. The largest absolute Gasteiger partial charge is 0.465 e. The Morgan fingerprint density at radius 2 is 1.03 bits per heavy atom. The molecule has 0 atom stereocenters. The Labute approximate surface area is 196 Å². The molecule has 0 spiro atoms. The molecule has 5 heteroatoms. The van der Waals surface area contributed by atoms with Crippen LogP contribution in [-0.4, -0.2) is 20.6 Å². The molecule has 0 unspecified atom stereocenters. The molecule has 0 aliphatic carbocycles. The molecule has 0 bridgehead atoms. The highest BCUT2D eigenvalue weighted by Crippen LogP contribution is 2.34. The zero-order valence-electron chi connectivity index (χ0n) is 18.9. The van der Waals surface area contributed by atoms with E-state index in [-0.39, 0.29) is 0 Å². The molecule has 2 N–H and O–H groups in total. The van der Waals surface area contributed by atoms with Gasteiger partial charge in [0.1, 0.15) is 11.5 Å². The van der Waals surface area contributed by atoms with Crippen molar-refractivity contribution in [3.05, 3.63) is 83.3 Å². The first-order valence-corrected chi connectivity index (χ1v) is 12.6. The van der Waals surface area contributed by atoms with E-state index in [9.17, 15) is 9.11 Å². The van der Waals surface area contributed by atoms with Crippen LogP contribution in [-0.2, 0) is 4.74 Å². The van der Waals surface area contributed by atoms with Crippen LogP contribution in [0.15, 0.2) is 72.2 Å². The fourth-order valence-electron chi connectivity index (χ4n) is 3.40. The molecule has 2 rings (SSSR count). The summed E-state index contributed by atoms with van der Waals surface area (Å²) >= 11 is 1.64. The maximum absolute atomic E-state index is 9.71. The molecule has 0 saturated heterocycles. The maximum atomic E-state index is 9.71. The van der Waals surface area contributed by atoms with Gasteiger partial charge in [0.15, 0.2) is 0 Å². The SMILES string of the molecule is CC(C)CC(OC(CC(C)C)=C(CSO)c1ccccc1)=C(CSO)c1ccccc1. The van der Waals surface area contributed by atoms with Gasteiger partial charge in [0.25, 0.3) is 0 Å². The van der Waals surface area contributed by atoms with E-state index in [0.29, 0.717) is 23.3 Å². The van der Waals surface area contributed by atoms with Crippen LogP contribution in [0, 0.1) is 11.8 Å². The highest BCUT2D eigenvalue weighted by Gasteiger charge is 2.19. The number of ether oxygens (including phenoxy) is 1. The quantitative estimate of drug-likeness (QED) is 0.247. The van der Waals surface area contributed by atoms with Crippen molar-refractivity contribution in [2.45, 2.75) is 40.5 Å². The molecule has 0 fully saturated rings. The molecule has 2 aromatic carbocycles. The summed E-state index contributed by atoms with van der Waals surface area (Å²) in [5.41, 5.74) is 4.13. The van der Waals surface area contributed by atoms with Crippen molar-refractivity contribution in [3.63, 3.8) is 0 Å². The van der Waals surface area contributed by atoms with Crippen LogP contribution in [0.2, 0.25) is 0 Å². The minimum absolute atomic E-state index is 0.394. The minimum atomic E-state index is 0.394. The van der Waals surface area contributed by atoms with Crippen LogP contribution in [0.4, 0.5) is 0 Å². The Morgan fingerprint density at radius 1 is 0.677 bits per heavy atom. The molecule has 3 nitrogen and oxygen atoms in total. The first-order chi connectivity index (χ1) is 15.0. The van der Waals surface area contributed by atoms with Crippen molar-refractivity contribution in [2.24, 2.45) is 11.8 Å². The van der Waals surface area contributed by atoms with Crippen molar-refractivity contribution in [2.75, 3.05) is 11.5 Å². The molecular weight excluding hydrogens is 424 g/mol. The molecule has 0 saturated carbocycles. The highest BCUT2D eigenvalue weighted by molar-refractivity contribution is 7.94. The van der Waals surface area contributed by atoms with Crippen molar-refractivity contribution in [1.82, 2.24) is 0 Å². The first kappa shape index (κ1) is 25.6. The second-order valence-electron chi connectivity index (χ2n) is 8.38. The molecule has 0 aliphatic rings. The summed E-state index contributed by atoms with van der Waals surface area (Å²) in [6.45, 7) is 8.69. The highest BCUT2D eigenvalue weighted by atomic mass is 32.2. The number of hydrogen-bond acceptors (Lipinski definition) is 5. The zero-order chi connectivity index (χ0) is 22.6. The van der Waals surface area contributed by atoms with Gasteiger partial charge in [-0.3, -0.25) is 0 Å². The van der Waals surface area contributed by atoms with E-state index in [4.69, 9.17) is 4.74 Å².